The van der Waals surface area contributed by atoms with E-state index in [1.807, 2.05) is 36.4 Å². The Hall–Kier alpha value is -3.03. The molecule has 7 heteroatoms. The number of carboxylic acid groups (broad SMARTS) is 1. The quantitative estimate of drug-likeness (QED) is 0.642. The highest BCUT2D eigenvalue weighted by molar-refractivity contribution is 7.21. The number of hydrogen-bond donors (Lipinski definition) is 2. The van der Waals surface area contributed by atoms with Crippen molar-refractivity contribution in [1.82, 2.24) is 4.98 Å². The van der Waals surface area contributed by atoms with Crippen molar-refractivity contribution in [3.8, 4) is 10.6 Å². The van der Waals surface area contributed by atoms with Crippen molar-refractivity contribution in [2.75, 3.05) is 5.32 Å². The second-order valence-corrected chi connectivity index (χ2v) is 8.43. The molecule has 4 atom stereocenters. The van der Waals surface area contributed by atoms with Crippen LogP contribution in [0.5, 0.6) is 0 Å². The molecule has 1 fully saturated rings. The maximum Gasteiger partial charge on any atom is 0.310 e. The molecule has 2 N–H and O–H groups in total. The van der Waals surface area contributed by atoms with Crippen LogP contribution in [0.2, 0.25) is 0 Å². The fraction of sp³-hybridized carbons (Fsp3) is 0.227. The Labute approximate surface area is 170 Å². The maximum atomic E-state index is 12.7. The zero-order valence-corrected chi connectivity index (χ0v) is 16.3. The Morgan fingerprint density at radius 3 is 2.52 bits per heavy atom. The number of carboxylic acids is 1. The highest BCUT2D eigenvalue weighted by atomic mass is 32.1. The number of nitrogens with one attached hydrogen (secondary N) is 1. The number of aryl methyl sites for hydroxylation is 1. The minimum absolute atomic E-state index is 0.336. The summed E-state index contributed by atoms with van der Waals surface area (Å²) >= 11 is 1.63. The zero-order chi connectivity index (χ0) is 20.1. The summed E-state index contributed by atoms with van der Waals surface area (Å²) in [6, 6.07) is 13.6. The first kappa shape index (κ1) is 18.0. The molecule has 2 bridgehead atoms. The van der Waals surface area contributed by atoms with Gasteiger partial charge in [0.05, 0.1) is 28.3 Å². The molecule has 2 aliphatic heterocycles. The molecule has 0 unspecified atom stereocenters. The van der Waals surface area contributed by atoms with Crippen LogP contribution in [0, 0.1) is 18.8 Å². The average molecular weight is 406 g/mol. The number of thiazole rings is 1. The third-order valence-electron chi connectivity index (χ3n) is 5.43. The third-order valence-corrected chi connectivity index (χ3v) is 6.50. The van der Waals surface area contributed by atoms with E-state index in [9.17, 15) is 14.7 Å². The van der Waals surface area contributed by atoms with Crippen LogP contribution in [0.4, 0.5) is 5.69 Å². The van der Waals surface area contributed by atoms with Gasteiger partial charge in [0.15, 0.2) is 0 Å². The minimum atomic E-state index is -1.01. The van der Waals surface area contributed by atoms with Crippen LogP contribution >= 0.6 is 11.3 Å². The number of rotatable bonds is 4. The second kappa shape index (κ2) is 6.79. The molecule has 2 aromatic carbocycles. The maximum absolute atomic E-state index is 12.7. The molecule has 0 radical (unpaired) electrons. The van der Waals surface area contributed by atoms with E-state index in [1.165, 1.54) is 5.56 Å². The summed E-state index contributed by atoms with van der Waals surface area (Å²) in [5.74, 6) is -2.92. The first-order chi connectivity index (χ1) is 14.0. The Balaban J connectivity index is 1.34. The van der Waals surface area contributed by atoms with Crippen LogP contribution < -0.4 is 5.32 Å². The number of aromatic nitrogens is 1. The predicted molar refractivity (Wildman–Crippen MR) is 111 cm³/mol. The Kier molecular flexibility index (Phi) is 4.22. The molecular weight excluding hydrogens is 388 g/mol. The SMILES string of the molecule is Cc1ccc2nc(-c3ccc(NC(=O)[C@H]4[C@@H](C(=O)O)[C@@H]5C=C[C@@H]4O5)cc3)sc2c1. The van der Waals surface area contributed by atoms with Gasteiger partial charge in [-0.15, -0.1) is 11.3 Å². The van der Waals surface area contributed by atoms with Crippen molar-refractivity contribution in [3.05, 3.63) is 60.2 Å². The lowest BCUT2D eigenvalue weighted by Gasteiger charge is -2.21. The van der Waals surface area contributed by atoms with Crippen molar-refractivity contribution in [1.29, 1.82) is 0 Å². The summed E-state index contributed by atoms with van der Waals surface area (Å²) < 4.78 is 6.71. The van der Waals surface area contributed by atoms with E-state index in [0.29, 0.717) is 5.69 Å². The van der Waals surface area contributed by atoms with E-state index in [1.54, 1.807) is 23.5 Å². The van der Waals surface area contributed by atoms with Gasteiger partial charge in [-0.05, 0) is 48.9 Å². The number of carbonyl (C=O) groups excluding carboxylic acids is 1. The van der Waals surface area contributed by atoms with E-state index >= 15 is 0 Å². The molecule has 1 amide bonds. The van der Waals surface area contributed by atoms with Gasteiger partial charge in [-0.1, -0.05) is 18.2 Å². The molecule has 2 aliphatic rings. The van der Waals surface area contributed by atoms with E-state index in [0.717, 1.165) is 20.8 Å². The molecule has 3 heterocycles. The van der Waals surface area contributed by atoms with Gasteiger partial charge in [-0.25, -0.2) is 4.98 Å². The second-order valence-electron chi connectivity index (χ2n) is 7.40. The van der Waals surface area contributed by atoms with Gasteiger partial charge in [0.1, 0.15) is 10.9 Å². The van der Waals surface area contributed by atoms with Crippen molar-refractivity contribution < 1.29 is 19.4 Å². The standard InChI is InChI=1S/C22H18N2O4S/c1-11-2-7-14-17(10-11)29-21(24-14)12-3-5-13(6-4-12)23-20(25)18-15-8-9-16(28-15)19(18)22(26)27/h2-10,15-16,18-19H,1H3,(H,23,25)(H,26,27)/t15-,16-,18+,19-/m0/s1. The molecule has 0 spiro atoms. The number of carbonyl (C=O) groups is 2. The lowest BCUT2D eigenvalue weighted by molar-refractivity contribution is -0.145. The molecule has 3 aromatic rings. The third kappa shape index (κ3) is 3.12. The zero-order valence-electron chi connectivity index (χ0n) is 15.5. The first-order valence-corrected chi connectivity index (χ1v) is 10.2. The monoisotopic (exact) mass is 406 g/mol. The predicted octanol–water partition coefficient (Wildman–Crippen LogP) is 3.86. The molecule has 146 valence electrons. The molecule has 0 saturated carbocycles. The number of amides is 1. The van der Waals surface area contributed by atoms with Gasteiger partial charge >= 0.3 is 5.97 Å². The van der Waals surface area contributed by atoms with Crippen LogP contribution in [0.3, 0.4) is 0 Å². The number of fused-ring (bicyclic) bond motifs is 3. The Morgan fingerprint density at radius 1 is 1.07 bits per heavy atom. The van der Waals surface area contributed by atoms with Crippen LogP contribution in [0.15, 0.2) is 54.6 Å². The first-order valence-electron chi connectivity index (χ1n) is 9.35. The van der Waals surface area contributed by atoms with Crippen LogP contribution in [0.25, 0.3) is 20.8 Å². The van der Waals surface area contributed by atoms with Crippen molar-refractivity contribution >= 4 is 39.1 Å². The summed E-state index contributed by atoms with van der Waals surface area (Å²) in [6.07, 6.45) is 2.48. The molecule has 0 aliphatic carbocycles. The summed E-state index contributed by atoms with van der Waals surface area (Å²) in [5, 5.41) is 13.2. The van der Waals surface area contributed by atoms with E-state index in [4.69, 9.17) is 4.74 Å². The highest BCUT2D eigenvalue weighted by Gasteiger charge is 2.53. The lowest BCUT2D eigenvalue weighted by Crippen LogP contribution is -2.39. The average Bonchev–Trinajstić information content (AvgIpc) is 3.42. The summed E-state index contributed by atoms with van der Waals surface area (Å²) in [5.41, 5.74) is 3.75. The minimum Gasteiger partial charge on any atom is -0.481 e. The Bertz CT molecular complexity index is 1150. The number of benzene rings is 2. The summed E-state index contributed by atoms with van der Waals surface area (Å²) in [6.45, 7) is 2.06. The van der Waals surface area contributed by atoms with Gasteiger partial charge in [-0.2, -0.15) is 0 Å². The normalized spacial score (nSPS) is 24.9. The summed E-state index contributed by atoms with van der Waals surface area (Å²) in [7, 11) is 0. The number of ether oxygens (including phenoxy) is 1. The van der Waals surface area contributed by atoms with Crippen molar-refractivity contribution in [2.45, 2.75) is 19.1 Å². The Morgan fingerprint density at radius 2 is 1.79 bits per heavy atom. The van der Waals surface area contributed by atoms with Gasteiger partial charge < -0.3 is 15.2 Å². The summed E-state index contributed by atoms with van der Waals surface area (Å²) in [4.78, 5) is 29.0. The van der Waals surface area contributed by atoms with Crippen LogP contribution in [0.1, 0.15) is 5.56 Å². The van der Waals surface area contributed by atoms with Gasteiger partial charge in [0, 0.05) is 11.3 Å². The fourth-order valence-corrected chi connectivity index (χ4v) is 5.06. The highest BCUT2D eigenvalue weighted by Crippen LogP contribution is 2.40. The van der Waals surface area contributed by atoms with E-state index < -0.39 is 30.0 Å². The molecule has 6 nitrogen and oxygen atoms in total. The molecule has 29 heavy (non-hydrogen) atoms. The number of anilines is 1. The fourth-order valence-electron chi connectivity index (χ4n) is 3.99. The molecule has 5 rings (SSSR count). The molecule has 1 saturated heterocycles. The number of aliphatic carboxylic acids is 1. The van der Waals surface area contributed by atoms with Crippen molar-refractivity contribution in [2.24, 2.45) is 11.8 Å². The smallest absolute Gasteiger partial charge is 0.310 e. The number of hydrogen-bond acceptors (Lipinski definition) is 5. The topological polar surface area (TPSA) is 88.5 Å². The molecular formula is C22H18N2O4S. The van der Waals surface area contributed by atoms with Crippen molar-refractivity contribution in [3.63, 3.8) is 0 Å². The van der Waals surface area contributed by atoms with Gasteiger partial charge in [0.25, 0.3) is 0 Å². The van der Waals surface area contributed by atoms with E-state index in [2.05, 4.69) is 23.3 Å². The van der Waals surface area contributed by atoms with E-state index in [-0.39, 0.29) is 5.91 Å². The van der Waals surface area contributed by atoms with Crippen LogP contribution in [-0.2, 0) is 14.3 Å². The van der Waals surface area contributed by atoms with Crippen LogP contribution in [-0.4, -0.2) is 34.2 Å². The van der Waals surface area contributed by atoms with Gasteiger partial charge in [-0.3, -0.25) is 9.59 Å². The number of nitrogens with zero attached hydrogens (tertiary/aromatic N) is 1. The lowest BCUT2D eigenvalue weighted by atomic mass is 9.82. The van der Waals surface area contributed by atoms with Gasteiger partial charge in [0.2, 0.25) is 5.91 Å². The largest absolute Gasteiger partial charge is 0.481 e. The molecule has 1 aromatic heterocycles.